The second-order valence-electron chi connectivity index (χ2n) is 4.05. The molecule has 1 aliphatic heterocycles. The van der Waals surface area contributed by atoms with Gasteiger partial charge >= 0.3 is 0 Å². The van der Waals surface area contributed by atoms with E-state index in [0.29, 0.717) is 6.10 Å². The SMILES string of the molecule is COC1CCN(c2ccccc2C#N)CC1. The van der Waals surface area contributed by atoms with Gasteiger partial charge in [-0.1, -0.05) is 12.1 Å². The highest BCUT2D eigenvalue weighted by atomic mass is 16.5. The number of benzene rings is 1. The van der Waals surface area contributed by atoms with Gasteiger partial charge in [0.1, 0.15) is 6.07 Å². The quantitative estimate of drug-likeness (QED) is 0.760. The van der Waals surface area contributed by atoms with E-state index in [9.17, 15) is 0 Å². The lowest BCUT2D eigenvalue weighted by atomic mass is 10.1. The van der Waals surface area contributed by atoms with Gasteiger partial charge in [-0.25, -0.2) is 0 Å². The Hall–Kier alpha value is -1.53. The summed E-state index contributed by atoms with van der Waals surface area (Å²) in [5, 5.41) is 9.05. The summed E-state index contributed by atoms with van der Waals surface area (Å²) in [6, 6.07) is 10.0. The van der Waals surface area contributed by atoms with E-state index in [-0.39, 0.29) is 0 Å². The Morgan fingerprint density at radius 3 is 2.62 bits per heavy atom. The normalized spacial score (nSPS) is 17.1. The first-order valence-electron chi connectivity index (χ1n) is 5.62. The van der Waals surface area contributed by atoms with Crippen LogP contribution in [-0.2, 0) is 4.74 Å². The van der Waals surface area contributed by atoms with Crippen LogP contribution in [0.3, 0.4) is 0 Å². The predicted molar refractivity (Wildman–Crippen MR) is 63.4 cm³/mol. The summed E-state index contributed by atoms with van der Waals surface area (Å²) in [5.41, 5.74) is 1.82. The molecule has 2 rings (SSSR count). The fourth-order valence-electron chi connectivity index (χ4n) is 2.18. The lowest BCUT2D eigenvalue weighted by molar-refractivity contribution is 0.0819. The van der Waals surface area contributed by atoms with Crippen LogP contribution in [0.1, 0.15) is 18.4 Å². The fraction of sp³-hybridized carbons (Fsp3) is 0.462. The van der Waals surface area contributed by atoms with Crippen molar-refractivity contribution in [3.63, 3.8) is 0 Å². The summed E-state index contributed by atoms with van der Waals surface area (Å²) in [6.45, 7) is 1.94. The van der Waals surface area contributed by atoms with Gasteiger partial charge in [-0.05, 0) is 25.0 Å². The highest BCUT2D eigenvalue weighted by Crippen LogP contribution is 2.24. The van der Waals surface area contributed by atoms with Crippen LogP contribution in [0.2, 0.25) is 0 Å². The summed E-state index contributed by atoms with van der Waals surface area (Å²) in [6.07, 6.45) is 2.46. The highest BCUT2D eigenvalue weighted by Gasteiger charge is 2.20. The third-order valence-electron chi connectivity index (χ3n) is 3.14. The molecule has 1 aromatic rings. The Morgan fingerprint density at radius 2 is 2.00 bits per heavy atom. The third kappa shape index (κ3) is 2.17. The summed E-state index contributed by atoms with van der Waals surface area (Å²) in [5.74, 6) is 0. The molecule has 1 heterocycles. The molecule has 0 saturated carbocycles. The minimum atomic E-state index is 0.380. The largest absolute Gasteiger partial charge is 0.381 e. The number of nitrogens with zero attached hydrogens (tertiary/aromatic N) is 2. The number of hydrogen-bond acceptors (Lipinski definition) is 3. The molecule has 1 fully saturated rings. The molecule has 0 spiro atoms. The van der Waals surface area contributed by atoms with Crippen molar-refractivity contribution < 1.29 is 4.74 Å². The maximum atomic E-state index is 9.05. The van der Waals surface area contributed by atoms with Crippen LogP contribution >= 0.6 is 0 Å². The maximum absolute atomic E-state index is 9.05. The molecular formula is C13H16N2O. The predicted octanol–water partition coefficient (Wildman–Crippen LogP) is 2.17. The van der Waals surface area contributed by atoms with Crippen molar-refractivity contribution in [3.05, 3.63) is 29.8 Å². The molecule has 0 radical (unpaired) electrons. The molecule has 0 amide bonds. The minimum Gasteiger partial charge on any atom is -0.381 e. The van der Waals surface area contributed by atoms with Gasteiger partial charge < -0.3 is 9.64 Å². The molecule has 0 bridgehead atoms. The first-order chi connectivity index (χ1) is 7.85. The average Bonchev–Trinajstić information content (AvgIpc) is 2.39. The number of ether oxygens (including phenoxy) is 1. The van der Waals surface area contributed by atoms with E-state index in [1.807, 2.05) is 24.3 Å². The second-order valence-corrected chi connectivity index (χ2v) is 4.05. The van der Waals surface area contributed by atoms with Crippen molar-refractivity contribution >= 4 is 5.69 Å². The Balaban J connectivity index is 2.11. The third-order valence-corrected chi connectivity index (χ3v) is 3.14. The lowest BCUT2D eigenvalue weighted by Gasteiger charge is -2.33. The van der Waals surface area contributed by atoms with E-state index in [1.165, 1.54) is 0 Å². The van der Waals surface area contributed by atoms with Crippen LogP contribution in [0.4, 0.5) is 5.69 Å². The number of nitriles is 1. The van der Waals surface area contributed by atoms with E-state index >= 15 is 0 Å². The summed E-state index contributed by atoms with van der Waals surface area (Å²) < 4.78 is 5.34. The van der Waals surface area contributed by atoms with Gasteiger partial charge in [0.2, 0.25) is 0 Å². The van der Waals surface area contributed by atoms with Crippen molar-refractivity contribution in [3.8, 4) is 6.07 Å². The zero-order chi connectivity index (χ0) is 11.4. The zero-order valence-corrected chi connectivity index (χ0v) is 9.52. The van der Waals surface area contributed by atoms with Crippen molar-refractivity contribution in [1.29, 1.82) is 5.26 Å². The van der Waals surface area contributed by atoms with Crippen molar-refractivity contribution in [2.45, 2.75) is 18.9 Å². The van der Waals surface area contributed by atoms with Crippen LogP contribution in [0.25, 0.3) is 0 Å². The topological polar surface area (TPSA) is 36.3 Å². The maximum Gasteiger partial charge on any atom is 0.101 e. The van der Waals surface area contributed by atoms with E-state index in [1.54, 1.807) is 7.11 Å². The van der Waals surface area contributed by atoms with Crippen LogP contribution < -0.4 is 4.90 Å². The number of methoxy groups -OCH3 is 1. The zero-order valence-electron chi connectivity index (χ0n) is 9.52. The Labute approximate surface area is 96.2 Å². The van der Waals surface area contributed by atoms with Crippen molar-refractivity contribution in [1.82, 2.24) is 0 Å². The van der Waals surface area contributed by atoms with Crippen molar-refractivity contribution in [2.24, 2.45) is 0 Å². The van der Waals surface area contributed by atoms with Gasteiger partial charge in [0, 0.05) is 20.2 Å². The van der Waals surface area contributed by atoms with Gasteiger partial charge in [-0.3, -0.25) is 0 Å². The average molecular weight is 216 g/mol. The van der Waals surface area contributed by atoms with Crippen LogP contribution in [-0.4, -0.2) is 26.3 Å². The van der Waals surface area contributed by atoms with Crippen LogP contribution in [0.5, 0.6) is 0 Å². The first kappa shape index (κ1) is 11.0. The van der Waals surface area contributed by atoms with E-state index in [0.717, 1.165) is 37.2 Å². The molecular weight excluding hydrogens is 200 g/mol. The van der Waals surface area contributed by atoms with Gasteiger partial charge in [0.05, 0.1) is 17.4 Å². The summed E-state index contributed by atoms with van der Waals surface area (Å²) in [7, 11) is 1.77. The highest BCUT2D eigenvalue weighted by molar-refractivity contribution is 5.59. The van der Waals surface area contributed by atoms with E-state index in [4.69, 9.17) is 10.00 Å². The lowest BCUT2D eigenvalue weighted by Crippen LogP contribution is -2.36. The summed E-state index contributed by atoms with van der Waals surface area (Å²) >= 11 is 0. The molecule has 0 aliphatic carbocycles. The van der Waals surface area contributed by atoms with Gasteiger partial charge in [0.15, 0.2) is 0 Å². The van der Waals surface area contributed by atoms with Crippen molar-refractivity contribution in [2.75, 3.05) is 25.1 Å². The smallest absolute Gasteiger partial charge is 0.101 e. The molecule has 16 heavy (non-hydrogen) atoms. The Morgan fingerprint density at radius 1 is 1.31 bits per heavy atom. The molecule has 0 N–H and O–H groups in total. The molecule has 84 valence electrons. The molecule has 1 saturated heterocycles. The number of rotatable bonds is 2. The summed E-state index contributed by atoms with van der Waals surface area (Å²) in [4.78, 5) is 2.27. The molecule has 3 nitrogen and oxygen atoms in total. The second kappa shape index (κ2) is 5.00. The molecule has 0 unspecified atom stereocenters. The monoisotopic (exact) mass is 216 g/mol. The number of hydrogen-bond donors (Lipinski definition) is 0. The molecule has 1 aliphatic rings. The molecule has 3 heteroatoms. The fourth-order valence-corrected chi connectivity index (χ4v) is 2.18. The Kier molecular flexibility index (Phi) is 3.43. The molecule has 1 aromatic carbocycles. The van der Waals surface area contributed by atoms with Gasteiger partial charge in [-0.2, -0.15) is 5.26 Å². The van der Waals surface area contributed by atoms with Gasteiger partial charge in [0.25, 0.3) is 0 Å². The number of para-hydroxylation sites is 1. The number of piperidine rings is 1. The standard InChI is InChI=1S/C13H16N2O/c1-16-12-6-8-15(9-7-12)13-5-3-2-4-11(13)10-14/h2-5,12H,6-9H2,1H3. The Bertz CT molecular complexity index is 389. The minimum absolute atomic E-state index is 0.380. The van der Waals surface area contributed by atoms with Crippen LogP contribution in [0.15, 0.2) is 24.3 Å². The molecule has 0 aromatic heterocycles. The van der Waals surface area contributed by atoms with Gasteiger partial charge in [-0.15, -0.1) is 0 Å². The van der Waals surface area contributed by atoms with E-state index < -0.39 is 0 Å². The first-order valence-corrected chi connectivity index (χ1v) is 5.62. The molecule has 0 atom stereocenters. The van der Waals surface area contributed by atoms with Crippen LogP contribution in [0, 0.1) is 11.3 Å². The number of anilines is 1. The van der Waals surface area contributed by atoms with E-state index in [2.05, 4.69) is 11.0 Å².